The average Bonchev–Trinajstić information content (AvgIpc) is 2.84. The van der Waals surface area contributed by atoms with Crippen molar-refractivity contribution >= 4 is 0 Å². The SMILES string of the molecule is CC1=C(C#C/C(C)=C/C=C/C(C)=C/C=C/C=C(C)/C=C/C=C(C)/C=C/C2C(C)CC(O)CC2(C)C)C(C)(C)CC(O)C1. The molecule has 42 heavy (non-hydrogen) atoms. The van der Waals surface area contributed by atoms with Crippen LogP contribution >= 0.6 is 0 Å². The van der Waals surface area contributed by atoms with E-state index in [0.717, 1.165) is 31.3 Å². The highest BCUT2D eigenvalue weighted by molar-refractivity contribution is 5.45. The van der Waals surface area contributed by atoms with Gasteiger partial charge < -0.3 is 10.2 Å². The molecule has 2 aliphatic carbocycles. The molecule has 0 aromatic heterocycles. The smallest absolute Gasteiger partial charge is 0.0586 e. The van der Waals surface area contributed by atoms with Gasteiger partial charge in [-0.2, -0.15) is 0 Å². The molecular weight excluding hydrogens is 512 g/mol. The first-order valence-corrected chi connectivity index (χ1v) is 15.6. The first kappa shape index (κ1) is 35.3. The Morgan fingerprint density at radius 1 is 0.762 bits per heavy atom. The molecular formula is C40H56O2. The van der Waals surface area contributed by atoms with E-state index < -0.39 is 0 Å². The molecule has 0 bridgehead atoms. The van der Waals surface area contributed by atoms with E-state index in [4.69, 9.17) is 0 Å². The minimum absolute atomic E-state index is 0.0799. The van der Waals surface area contributed by atoms with Crippen molar-refractivity contribution in [2.45, 2.75) is 107 Å². The molecule has 4 atom stereocenters. The van der Waals surface area contributed by atoms with Gasteiger partial charge in [-0.15, -0.1) is 0 Å². The molecule has 4 unspecified atom stereocenters. The second-order valence-corrected chi connectivity index (χ2v) is 14.0. The highest BCUT2D eigenvalue weighted by atomic mass is 16.3. The van der Waals surface area contributed by atoms with Crippen LogP contribution in [0.25, 0.3) is 0 Å². The van der Waals surface area contributed by atoms with Gasteiger partial charge in [0.25, 0.3) is 0 Å². The quantitative estimate of drug-likeness (QED) is 0.226. The summed E-state index contributed by atoms with van der Waals surface area (Å²) < 4.78 is 0. The minimum Gasteiger partial charge on any atom is -0.393 e. The number of hydrogen-bond acceptors (Lipinski definition) is 2. The summed E-state index contributed by atoms with van der Waals surface area (Å²) >= 11 is 0. The maximum absolute atomic E-state index is 10.1. The average molecular weight is 569 g/mol. The van der Waals surface area contributed by atoms with Crippen molar-refractivity contribution in [3.63, 3.8) is 0 Å². The number of aliphatic hydroxyl groups is 2. The second-order valence-electron chi connectivity index (χ2n) is 14.0. The third-order valence-corrected chi connectivity index (χ3v) is 8.52. The number of allylic oxidation sites excluding steroid dienone is 17. The van der Waals surface area contributed by atoms with Crippen molar-refractivity contribution < 1.29 is 10.2 Å². The fraction of sp³-hybridized carbons (Fsp3) is 0.500. The Morgan fingerprint density at radius 2 is 1.31 bits per heavy atom. The molecule has 0 aromatic carbocycles. The van der Waals surface area contributed by atoms with Crippen molar-refractivity contribution in [3.8, 4) is 11.8 Å². The van der Waals surface area contributed by atoms with Gasteiger partial charge in [0.15, 0.2) is 0 Å². The predicted molar refractivity (Wildman–Crippen MR) is 183 cm³/mol. The van der Waals surface area contributed by atoms with E-state index in [0.29, 0.717) is 11.8 Å². The van der Waals surface area contributed by atoms with Gasteiger partial charge in [-0.25, -0.2) is 0 Å². The normalized spacial score (nSPS) is 27.9. The summed E-state index contributed by atoms with van der Waals surface area (Å²) in [7, 11) is 0. The molecule has 2 nitrogen and oxygen atoms in total. The summed E-state index contributed by atoms with van der Waals surface area (Å²) in [6.07, 6.45) is 28.3. The van der Waals surface area contributed by atoms with E-state index in [1.807, 2.05) is 13.0 Å². The van der Waals surface area contributed by atoms with Gasteiger partial charge in [0.1, 0.15) is 0 Å². The highest BCUT2D eigenvalue weighted by Gasteiger charge is 2.39. The van der Waals surface area contributed by atoms with Crippen LogP contribution in [-0.4, -0.2) is 22.4 Å². The van der Waals surface area contributed by atoms with E-state index in [9.17, 15) is 10.2 Å². The Kier molecular flexibility index (Phi) is 13.6. The van der Waals surface area contributed by atoms with Gasteiger partial charge in [0.2, 0.25) is 0 Å². The Labute approximate surface area is 257 Å². The van der Waals surface area contributed by atoms with Crippen LogP contribution in [0.2, 0.25) is 0 Å². The lowest BCUT2D eigenvalue weighted by molar-refractivity contribution is 0.00771. The summed E-state index contributed by atoms with van der Waals surface area (Å²) in [6, 6.07) is 0. The van der Waals surface area contributed by atoms with Crippen molar-refractivity contribution in [2.24, 2.45) is 22.7 Å². The largest absolute Gasteiger partial charge is 0.393 e. The van der Waals surface area contributed by atoms with E-state index in [2.05, 4.69) is 141 Å². The minimum atomic E-state index is -0.259. The molecule has 0 radical (unpaired) electrons. The maximum atomic E-state index is 10.1. The zero-order chi connectivity index (χ0) is 31.5. The molecule has 1 fully saturated rings. The second kappa shape index (κ2) is 16.1. The lowest BCUT2D eigenvalue weighted by atomic mass is 9.63. The molecule has 0 saturated heterocycles. The van der Waals surface area contributed by atoms with Gasteiger partial charge in [-0.3, -0.25) is 0 Å². The fourth-order valence-corrected chi connectivity index (χ4v) is 6.43. The molecule has 1 saturated carbocycles. The van der Waals surface area contributed by atoms with Crippen LogP contribution in [0.5, 0.6) is 0 Å². The molecule has 0 spiro atoms. The predicted octanol–water partition coefficient (Wildman–Crippen LogP) is 9.93. The summed E-state index contributed by atoms with van der Waals surface area (Å²) in [5.41, 5.74) is 7.03. The van der Waals surface area contributed by atoms with Crippen LogP contribution in [0.4, 0.5) is 0 Å². The molecule has 0 heterocycles. The Hall–Kier alpha value is -2.86. The van der Waals surface area contributed by atoms with Crippen LogP contribution in [0.3, 0.4) is 0 Å². The summed E-state index contributed by atoms with van der Waals surface area (Å²) in [5.74, 6) is 7.66. The third-order valence-electron chi connectivity index (χ3n) is 8.52. The maximum Gasteiger partial charge on any atom is 0.0586 e. The third kappa shape index (κ3) is 11.8. The van der Waals surface area contributed by atoms with E-state index in [1.165, 1.54) is 27.9 Å². The lowest BCUT2D eigenvalue weighted by Crippen LogP contribution is -2.38. The topological polar surface area (TPSA) is 40.5 Å². The first-order chi connectivity index (χ1) is 19.6. The number of rotatable bonds is 8. The summed E-state index contributed by atoms with van der Waals surface area (Å²) in [6.45, 7) is 21.6. The van der Waals surface area contributed by atoms with Crippen molar-refractivity contribution in [3.05, 3.63) is 106 Å². The first-order valence-electron chi connectivity index (χ1n) is 15.6. The number of aliphatic hydroxyl groups excluding tert-OH is 2. The van der Waals surface area contributed by atoms with E-state index in [1.54, 1.807) is 0 Å². The Balaban J connectivity index is 1.90. The Bertz CT molecular complexity index is 1270. The standard InChI is InChI=1S/C40H56O2/c1-29(17-13-19-31(3)21-23-37-33(5)25-35(41)27-39(37,7)8)15-11-12-16-30(2)18-14-20-32(4)22-24-38-34(6)26-36(42)28-40(38,9)10/h11-21,23,33,35-37,41-42H,25-28H2,1-10H3/b12-11+,17-13+,18-14+,23-21+,29-15+,30-16+,31-19+,32-20+. The molecule has 2 N–H and O–H groups in total. The fourth-order valence-electron chi connectivity index (χ4n) is 6.43. The molecule has 228 valence electrons. The zero-order valence-corrected chi connectivity index (χ0v) is 28.0. The molecule has 0 amide bonds. The number of hydrogen-bond donors (Lipinski definition) is 2. The van der Waals surface area contributed by atoms with Crippen molar-refractivity contribution in [2.75, 3.05) is 0 Å². The van der Waals surface area contributed by atoms with Crippen molar-refractivity contribution in [1.29, 1.82) is 0 Å². The monoisotopic (exact) mass is 568 g/mol. The van der Waals surface area contributed by atoms with E-state index in [-0.39, 0.29) is 23.0 Å². The van der Waals surface area contributed by atoms with Crippen LogP contribution in [0, 0.1) is 34.5 Å². The lowest BCUT2D eigenvalue weighted by Gasteiger charge is -2.43. The van der Waals surface area contributed by atoms with E-state index >= 15 is 0 Å². The molecule has 2 rings (SSSR count). The molecule has 2 heteroatoms. The molecule has 0 aromatic rings. The van der Waals surface area contributed by atoms with Gasteiger partial charge in [0, 0.05) is 11.0 Å². The van der Waals surface area contributed by atoms with Gasteiger partial charge >= 0.3 is 0 Å². The van der Waals surface area contributed by atoms with Crippen LogP contribution in [0.15, 0.2) is 106 Å². The van der Waals surface area contributed by atoms with Crippen LogP contribution in [-0.2, 0) is 0 Å². The van der Waals surface area contributed by atoms with Gasteiger partial charge in [0.05, 0.1) is 12.2 Å². The van der Waals surface area contributed by atoms with Crippen LogP contribution in [0.1, 0.15) is 94.9 Å². The summed E-state index contributed by atoms with van der Waals surface area (Å²) in [5, 5.41) is 20.2. The van der Waals surface area contributed by atoms with Gasteiger partial charge in [-0.1, -0.05) is 142 Å². The summed E-state index contributed by atoms with van der Waals surface area (Å²) in [4.78, 5) is 0. The molecule has 2 aliphatic rings. The molecule has 0 aliphatic heterocycles. The van der Waals surface area contributed by atoms with Gasteiger partial charge in [-0.05, 0) is 83.1 Å². The van der Waals surface area contributed by atoms with Crippen molar-refractivity contribution in [1.82, 2.24) is 0 Å². The zero-order valence-electron chi connectivity index (χ0n) is 28.0. The van der Waals surface area contributed by atoms with Crippen LogP contribution < -0.4 is 0 Å². The Morgan fingerprint density at radius 3 is 1.88 bits per heavy atom. The highest BCUT2D eigenvalue weighted by Crippen LogP contribution is 2.45.